The summed E-state index contributed by atoms with van der Waals surface area (Å²) in [6, 6.07) is 4.43. The van der Waals surface area contributed by atoms with Crippen molar-refractivity contribution in [2.24, 2.45) is 11.7 Å². The number of imide groups is 2. The molecule has 0 radical (unpaired) electrons. The number of piperazine rings is 1. The predicted molar refractivity (Wildman–Crippen MR) is 152 cm³/mol. The van der Waals surface area contributed by atoms with Crippen LogP contribution in [0.2, 0.25) is 0 Å². The van der Waals surface area contributed by atoms with Crippen LogP contribution in [-0.4, -0.2) is 103 Å². The highest BCUT2D eigenvalue weighted by Crippen LogP contribution is 2.31. The zero-order chi connectivity index (χ0) is 24.5. The molecule has 0 bridgehead atoms. The van der Waals surface area contributed by atoms with Gasteiger partial charge in [-0.05, 0) is 56.5 Å². The molecule has 1 unspecified atom stereocenters. The molecule has 1 atom stereocenters. The number of nitrogens with one attached hydrogen (secondary N) is 1. The zero-order valence-electron chi connectivity index (χ0n) is 21.3. The van der Waals surface area contributed by atoms with Crippen LogP contribution in [0.5, 0.6) is 0 Å². The van der Waals surface area contributed by atoms with Crippen LogP contribution in [0, 0.1) is 5.92 Å². The standard InChI is InChI=1S/C25H34N6O4.3ClH/c26-7-10-28-8-5-17(6-9-28)16-29-11-13-30(14-12-29)18-1-2-19-20(15-18)25(35)31(24(19)34)21-3-4-22(32)27-23(21)33;;;/h1-2,15,17,21H,3-14,16,26H2,(H,27,32,33);3*1H. The molecule has 4 aliphatic heterocycles. The van der Waals surface area contributed by atoms with E-state index >= 15 is 0 Å². The Kier molecular flexibility index (Phi) is 11.8. The number of anilines is 1. The quantitative estimate of drug-likeness (QED) is 0.473. The van der Waals surface area contributed by atoms with E-state index in [1.807, 2.05) is 6.07 Å². The third kappa shape index (κ3) is 6.60. The second-order valence-corrected chi connectivity index (χ2v) is 10.0. The Labute approximate surface area is 241 Å². The lowest BCUT2D eigenvalue weighted by molar-refractivity contribution is -0.136. The van der Waals surface area contributed by atoms with E-state index in [1.54, 1.807) is 12.1 Å². The Morgan fingerprint density at radius 2 is 1.47 bits per heavy atom. The minimum atomic E-state index is -0.936. The average Bonchev–Trinajstić information content (AvgIpc) is 3.10. The van der Waals surface area contributed by atoms with Gasteiger partial charge in [-0.25, -0.2) is 0 Å². The van der Waals surface area contributed by atoms with Gasteiger partial charge in [0.1, 0.15) is 6.04 Å². The number of likely N-dealkylation sites (tertiary alicyclic amines) is 1. The van der Waals surface area contributed by atoms with Crippen LogP contribution in [0.1, 0.15) is 46.4 Å². The van der Waals surface area contributed by atoms with Crippen LogP contribution >= 0.6 is 37.2 Å². The van der Waals surface area contributed by atoms with E-state index in [0.717, 1.165) is 75.4 Å². The number of nitrogens with two attached hydrogens (primary N) is 1. The number of fused-ring (bicyclic) bond motifs is 1. The number of hydrogen-bond donors (Lipinski definition) is 2. The van der Waals surface area contributed by atoms with Gasteiger partial charge in [0.05, 0.1) is 11.1 Å². The van der Waals surface area contributed by atoms with Gasteiger partial charge in [-0.15, -0.1) is 37.2 Å². The molecule has 1 aromatic rings. The summed E-state index contributed by atoms with van der Waals surface area (Å²) in [5, 5.41) is 2.23. The van der Waals surface area contributed by atoms with Crippen molar-refractivity contribution >= 4 is 66.5 Å². The third-order valence-electron chi connectivity index (χ3n) is 7.83. The lowest BCUT2D eigenvalue weighted by Gasteiger charge is -2.39. The van der Waals surface area contributed by atoms with E-state index in [4.69, 9.17) is 5.73 Å². The summed E-state index contributed by atoms with van der Waals surface area (Å²) >= 11 is 0. The molecule has 4 amide bonds. The van der Waals surface area contributed by atoms with Crippen LogP contribution < -0.4 is 16.0 Å². The fourth-order valence-corrected chi connectivity index (χ4v) is 5.78. The Bertz CT molecular complexity index is 1030. The van der Waals surface area contributed by atoms with Crippen LogP contribution in [0.25, 0.3) is 0 Å². The highest BCUT2D eigenvalue weighted by molar-refractivity contribution is 6.23. The molecule has 0 aliphatic carbocycles. The molecule has 10 nitrogen and oxygen atoms in total. The van der Waals surface area contributed by atoms with Gasteiger partial charge in [0.15, 0.2) is 0 Å². The SMILES string of the molecule is Cl.Cl.Cl.NCCN1CCC(CN2CCN(c3ccc4c(c3)C(=O)N(C3CCC(=O)NC3=O)C4=O)CC2)CC1. The van der Waals surface area contributed by atoms with Gasteiger partial charge < -0.3 is 15.5 Å². The topological polar surface area (TPSA) is 119 Å². The number of piperidine rings is 2. The first kappa shape index (κ1) is 32.3. The van der Waals surface area contributed by atoms with Crippen LogP contribution in [0.15, 0.2) is 18.2 Å². The number of benzene rings is 1. The van der Waals surface area contributed by atoms with Crippen molar-refractivity contribution in [1.82, 2.24) is 20.0 Å². The number of carbonyl (C=O) groups excluding carboxylic acids is 4. The highest BCUT2D eigenvalue weighted by atomic mass is 35.5. The molecule has 3 saturated heterocycles. The van der Waals surface area contributed by atoms with Crippen molar-refractivity contribution in [3.8, 4) is 0 Å². The average molecular weight is 592 g/mol. The minimum Gasteiger partial charge on any atom is -0.369 e. The number of halogens is 3. The van der Waals surface area contributed by atoms with Crippen LogP contribution in [-0.2, 0) is 9.59 Å². The lowest BCUT2D eigenvalue weighted by atomic mass is 9.96. The molecular formula is C25H37Cl3N6O4. The monoisotopic (exact) mass is 590 g/mol. The van der Waals surface area contributed by atoms with Gasteiger partial charge in [0.2, 0.25) is 11.8 Å². The number of nitrogens with zero attached hydrogens (tertiary/aromatic N) is 4. The number of hydrogen-bond acceptors (Lipinski definition) is 8. The molecule has 5 rings (SSSR count). The maximum Gasteiger partial charge on any atom is 0.262 e. The van der Waals surface area contributed by atoms with E-state index in [2.05, 4.69) is 20.0 Å². The Balaban J connectivity index is 0.00000169. The van der Waals surface area contributed by atoms with Gasteiger partial charge in [0.25, 0.3) is 11.8 Å². The van der Waals surface area contributed by atoms with Gasteiger partial charge >= 0.3 is 0 Å². The lowest BCUT2D eigenvalue weighted by Crippen LogP contribution is -2.54. The van der Waals surface area contributed by atoms with Gasteiger partial charge in [-0.1, -0.05) is 0 Å². The summed E-state index contributed by atoms with van der Waals surface area (Å²) in [6.45, 7) is 8.79. The zero-order valence-corrected chi connectivity index (χ0v) is 23.8. The second kappa shape index (κ2) is 13.9. The summed E-state index contributed by atoms with van der Waals surface area (Å²) in [7, 11) is 0. The maximum atomic E-state index is 13.1. The summed E-state index contributed by atoms with van der Waals surface area (Å²) in [5.41, 5.74) is 7.26. The Hall–Kier alpha value is -1.95. The van der Waals surface area contributed by atoms with Gasteiger partial charge in [0, 0.05) is 57.9 Å². The summed E-state index contributed by atoms with van der Waals surface area (Å²) in [4.78, 5) is 58.0. The molecule has 3 N–H and O–H groups in total. The fourth-order valence-electron chi connectivity index (χ4n) is 5.78. The fraction of sp³-hybridized carbons (Fsp3) is 0.600. The van der Waals surface area contributed by atoms with Crippen LogP contribution in [0.4, 0.5) is 5.69 Å². The molecule has 1 aromatic carbocycles. The Morgan fingerprint density at radius 1 is 0.816 bits per heavy atom. The van der Waals surface area contributed by atoms with Crippen molar-refractivity contribution in [3.63, 3.8) is 0 Å². The number of rotatable bonds is 6. The molecule has 0 aromatic heterocycles. The summed E-state index contributed by atoms with van der Waals surface area (Å²) in [5.74, 6) is -1.15. The smallest absolute Gasteiger partial charge is 0.262 e. The first-order valence-corrected chi connectivity index (χ1v) is 12.7. The van der Waals surface area contributed by atoms with Crippen molar-refractivity contribution in [2.75, 3.05) is 63.8 Å². The molecule has 212 valence electrons. The van der Waals surface area contributed by atoms with E-state index < -0.39 is 23.8 Å². The molecule has 13 heteroatoms. The van der Waals surface area contributed by atoms with Crippen molar-refractivity contribution in [3.05, 3.63) is 29.3 Å². The van der Waals surface area contributed by atoms with E-state index in [1.165, 1.54) is 12.8 Å². The molecule has 4 aliphatic rings. The number of carbonyl (C=O) groups is 4. The minimum absolute atomic E-state index is 0. The molecule has 38 heavy (non-hydrogen) atoms. The molecule has 0 saturated carbocycles. The van der Waals surface area contributed by atoms with E-state index in [-0.39, 0.29) is 56.0 Å². The normalized spacial score (nSPS) is 22.8. The van der Waals surface area contributed by atoms with Gasteiger partial charge in [-0.2, -0.15) is 0 Å². The largest absolute Gasteiger partial charge is 0.369 e. The van der Waals surface area contributed by atoms with Crippen LogP contribution in [0.3, 0.4) is 0 Å². The van der Waals surface area contributed by atoms with Gasteiger partial charge in [-0.3, -0.25) is 34.3 Å². The summed E-state index contributed by atoms with van der Waals surface area (Å²) < 4.78 is 0. The van der Waals surface area contributed by atoms with E-state index in [0.29, 0.717) is 11.1 Å². The maximum absolute atomic E-state index is 13.1. The van der Waals surface area contributed by atoms with E-state index in [9.17, 15) is 19.2 Å². The first-order valence-electron chi connectivity index (χ1n) is 12.7. The van der Waals surface area contributed by atoms with Crippen molar-refractivity contribution in [1.29, 1.82) is 0 Å². The molecule has 0 spiro atoms. The molecular weight excluding hydrogens is 555 g/mol. The summed E-state index contributed by atoms with van der Waals surface area (Å²) in [6.07, 6.45) is 2.73. The third-order valence-corrected chi connectivity index (χ3v) is 7.83. The second-order valence-electron chi connectivity index (χ2n) is 10.0. The molecule has 4 heterocycles. The van der Waals surface area contributed by atoms with Crippen molar-refractivity contribution < 1.29 is 19.2 Å². The number of amides is 4. The first-order chi connectivity index (χ1) is 16.9. The van der Waals surface area contributed by atoms with Crippen molar-refractivity contribution in [2.45, 2.75) is 31.7 Å². The highest BCUT2D eigenvalue weighted by Gasteiger charge is 2.44. The molecule has 3 fully saturated rings. The predicted octanol–water partition coefficient (Wildman–Crippen LogP) is 1.15. The Morgan fingerprint density at radius 3 is 2.11 bits per heavy atom.